The number of benzene rings is 2. The second-order valence-electron chi connectivity index (χ2n) is 11.7. The van der Waals surface area contributed by atoms with Crippen LogP contribution < -0.4 is 10.6 Å². The van der Waals surface area contributed by atoms with Gasteiger partial charge in [0.15, 0.2) is 0 Å². The van der Waals surface area contributed by atoms with Gasteiger partial charge in [0.2, 0.25) is 0 Å². The van der Waals surface area contributed by atoms with Gasteiger partial charge in [-0.25, -0.2) is 0 Å². The summed E-state index contributed by atoms with van der Waals surface area (Å²) in [5.74, 6) is 0. The van der Waals surface area contributed by atoms with Gasteiger partial charge in [-0.2, -0.15) is 0 Å². The Morgan fingerprint density at radius 2 is 0.941 bits per heavy atom. The number of rotatable bonds is 6. The average molecular weight is 613 g/mol. The van der Waals surface area contributed by atoms with Crippen LogP contribution in [0.2, 0.25) is 0 Å². The number of halogens is 1. The Hall–Kier alpha value is 0.0523. The Kier molecular flexibility index (Phi) is 10.7. The summed E-state index contributed by atoms with van der Waals surface area (Å²) in [5.41, 5.74) is 11.0. The van der Waals surface area contributed by atoms with E-state index in [9.17, 15) is 0 Å². The van der Waals surface area contributed by atoms with Gasteiger partial charge < -0.3 is 5.32 Å². The fourth-order valence-corrected chi connectivity index (χ4v) is 12.9. The van der Waals surface area contributed by atoms with E-state index in [-0.39, 0.29) is 5.41 Å². The van der Waals surface area contributed by atoms with Crippen LogP contribution >= 0.6 is 25.4 Å². The molecule has 1 heterocycles. The molecule has 0 bridgehead atoms. The van der Waals surface area contributed by atoms with Crippen LogP contribution in [0.5, 0.6) is 0 Å². The first kappa shape index (κ1) is 30.3. The summed E-state index contributed by atoms with van der Waals surface area (Å²) in [6.07, 6.45) is 0. The van der Waals surface area contributed by atoms with Crippen molar-refractivity contribution in [3.8, 4) is 0 Å². The SMILES string of the molecule is Cc1cc([PH+](C(C)C)C(C)C)c2c(c1)C(C)(C)c1cc(C)cc([PH+](C(C)C)C(C)C)c1[N-]2.[Cl][Pd+]. The maximum atomic E-state index is 5.61. The molecule has 5 heteroatoms. The molecule has 0 atom stereocenters. The van der Waals surface area contributed by atoms with Crippen LogP contribution in [0.1, 0.15) is 91.5 Å². The van der Waals surface area contributed by atoms with Crippen LogP contribution in [-0.2, 0) is 23.6 Å². The Labute approximate surface area is 227 Å². The fourth-order valence-electron chi connectivity index (χ4n) is 6.03. The molecule has 3 rings (SSSR count). The van der Waals surface area contributed by atoms with Gasteiger partial charge in [0.1, 0.15) is 0 Å². The van der Waals surface area contributed by atoms with E-state index in [0.29, 0.717) is 22.6 Å². The van der Waals surface area contributed by atoms with Crippen molar-refractivity contribution in [3.63, 3.8) is 0 Å². The van der Waals surface area contributed by atoms with Gasteiger partial charge in [0.25, 0.3) is 0 Å². The Balaban J connectivity index is 0.00000199. The van der Waals surface area contributed by atoms with Crippen LogP contribution in [0.4, 0.5) is 11.4 Å². The second-order valence-corrected chi connectivity index (χ2v) is 19.2. The zero-order chi connectivity index (χ0) is 26.1. The van der Waals surface area contributed by atoms with Crippen molar-refractivity contribution in [1.29, 1.82) is 0 Å². The van der Waals surface area contributed by atoms with E-state index in [0.717, 1.165) is 0 Å². The first-order valence-electron chi connectivity index (χ1n) is 12.6. The molecule has 2 aromatic rings. The molecule has 0 radical (unpaired) electrons. The van der Waals surface area contributed by atoms with Crippen molar-refractivity contribution in [2.75, 3.05) is 0 Å². The molecular weight excluding hydrogens is 566 g/mol. The van der Waals surface area contributed by atoms with Crippen LogP contribution in [0.15, 0.2) is 24.3 Å². The molecule has 0 amide bonds. The quantitative estimate of drug-likeness (QED) is 0.228. The Morgan fingerprint density at radius 3 is 1.21 bits per heavy atom. The third-order valence-corrected chi connectivity index (χ3v) is 14.2. The maximum absolute atomic E-state index is 5.61. The summed E-state index contributed by atoms with van der Waals surface area (Å²) in [6, 6.07) is 9.79. The molecule has 192 valence electrons. The molecule has 2 aromatic carbocycles. The summed E-state index contributed by atoms with van der Waals surface area (Å²) in [7, 11) is 3.03. The number of hydrogen-bond acceptors (Lipinski definition) is 0. The van der Waals surface area contributed by atoms with E-state index in [1.165, 1.54) is 33.6 Å². The molecule has 0 aromatic heterocycles. The van der Waals surface area contributed by atoms with Gasteiger partial charge in [0.05, 0.1) is 33.2 Å². The Morgan fingerprint density at radius 1 is 0.647 bits per heavy atom. The second kappa shape index (κ2) is 12.1. The monoisotopic (exact) mass is 611 g/mol. The van der Waals surface area contributed by atoms with Crippen LogP contribution in [-0.4, -0.2) is 22.6 Å². The van der Waals surface area contributed by atoms with Crippen molar-refractivity contribution >= 4 is 47.4 Å². The van der Waals surface area contributed by atoms with Gasteiger partial charge in [-0.05, 0) is 104 Å². The van der Waals surface area contributed by atoms with Crippen molar-refractivity contribution in [1.82, 2.24) is 0 Å². The van der Waals surface area contributed by atoms with Crippen LogP contribution in [0.3, 0.4) is 0 Å². The number of nitrogens with zero attached hydrogens (tertiary/aromatic N) is 1. The van der Waals surface area contributed by atoms with Gasteiger partial charge in [0, 0.05) is 21.3 Å². The minimum atomic E-state index is -0.728. The van der Waals surface area contributed by atoms with Crippen molar-refractivity contribution in [3.05, 3.63) is 51.8 Å². The van der Waals surface area contributed by atoms with E-state index in [4.69, 9.17) is 5.32 Å². The standard InChI is InChI=1S/C29H44NP2.ClH.Pd/c1-17(2)31(18(3)4)25-15-21(9)13-23-27(25)30-28-24(29(23,11)12)14-22(10)16-26(28)32(19(5)6)20(7)8;;/h13-20H,1-12H3;1H;/q-1;;+2/p+1. The molecule has 0 fully saturated rings. The molecule has 0 aliphatic carbocycles. The Bertz CT molecular complexity index is 905. The normalized spacial score (nSPS) is 14.5. The molecule has 0 N–H and O–H groups in total. The molecule has 0 saturated heterocycles. The van der Waals surface area contributed by atoms with E-state index < -0.39 is 15.8 Å². The predicted molar refractivity (Wildman–Crippen MR) is 159 cm³/mol. The predicted octanol–water partition coefficient (Wildman–Crippen LogP) is 9.28. The number of fused-ring (bicyclic) bond motifs is 2. The zero-order valence-corrected chi connectivity index (χ0v) is 27.6. The summed E-state index contributed by atoms with van der Waals surface area (Å²) in [6.45, 7) is 28.7. The minimum absolute atomic E-state index is 0.0319. The van der Waals surface area contributed by atoms with Gasteiger partial charge in [-0.3, -0.25) is 0 Å². The van der Waals surface area contributed by atoms with Crippen LogP contribution in [0, 0.1) is 13.8 Å². The van der Waals surface area contributed by atoms with Crippen molar-refractivity contribution < 1.29 is 18.2 Å². The van der Waals surface area contributed by atoms with Crippen molar-refractivity contribution in [2.24, 2.45) is 0 Å². The third kappa shape index (κ3) is 5.95. The summed E-state index contributed by atoms with van der Waals surface area (Å²) in [4.78, 5) is 0. The number of aryl methyl sites for hydroxylation is 2. The molecular formula is C29H46ClNP2Pd+2. The van der Waals surface area contributed by atoms with Gasteiger partial charge >= 0.3 is 27.7 Å². The summed E-state index contributed by atoms with van der Waals surface area (Å²) >= 11 is 2.22. The first-order chi connectivity index (χ1) is 15.8. The molecule has 0 spiro atoms. The van der Waals surface area contributed by atoms with E-state index in [1.807, 2.05) is 0 Å². The molecule has 1 aliphatic rings. The summed E-state index contributed by atoms with van der Waals surface area (Å²) in [5, 5.41) is 8.73. The van der Waals surface area contributed by atoms with Gasteiger partial charge in [-0.15, -0.1) is 0 Å². The molecule has 1 aliphatic heterocycles. The average Bonchev–Trinajstić information content (AvgIpc) is 2.70. The van der Waals surface area contributed by atoms with Crippen LogP contribution in [0.25, 0.3) is 5.32 Å². The van der Waals surface area contributed by atoms with Gasteiger partial charge in [-0.1, -0.05) is 37.4 Å². The third-order valence-electron chi connectivity index (χ3n) is 7.19. The summed E-state index contributed by atoms with van der Waals surface area (Å²) < 4.78 is 0. The van der Waals surface area contributed by atoms with E-state index in [2.05, 4.69) is 135 Å². The molecule has 34 heavy (non-hydrogen) atoms. The molecule has 1 nitrogen and oxygen atoms in total. The number of hydrogen-bond donors (Lipinski definition) is 0. The van der Waals surface area contributed by atoms with E-state index in [1.54, 1.807) is 10.6 Å². The topological polar surface area (TPSA) is 14.1 Å². The van der Waals surface area contributed by atoms with Crippen molar-refractivity contribution in [2.45, 2.75) is 111 Å². The first-order valence-corrected chi connectivity index (χ1v) is 18.0. The molecule has 0 saturated carbocycles. The van der Waals surface area contributed by atoms with E-state index >= 15 is 0 Å². The zero-order valence-electron chi connectivity index (χ0n) is 23.3. The molecule has 0 unspecified atom stereocenters. The fraction of sp³-hybridized carbons (Fsp3) is 0.586.